The molecule has 0 aromatic heterocycles. The van der Waals surface area contributed by atoms with Crippen LogP contribution in [0.2, 0.25) is 0 Å². The fraction of sp³-hybridized carbons (Fsp3) is 0.333. The van der Waals surface area contributed by atoms with E-state index in [0.29, 0.717) is 17.4 Å². The minimum Gasteiger partial charge on any atom is -0.207 e. The van der Waals surface area contributed by atoms with Gasteiger partial charge in [0.25, 0.3) is 0 Å². The van der Waals surface area contributed by atoms with E-state index in [4.69, 9.17) is 0 Å². The molecule has 3 nitrogen and oxygen atoms in total. The molecule has 2 aliphatic rings. The Morgan fingerprint density at radius 2 is 1.64 bits per heavy atom. The van der Waals surface area contributed by atoms with Crippen molar-refractivity contribution < 1.29 is 8.42 Å². The molecule has 0 N–H and O–H groups in total. The molecular weight excluding hydrogens is 294 g/mol. The first-order valence-electron chi connectivity index (χ1n) is 7.84. The van der Waals surface area contributed by atoms with Crippen molar-refractivity contribution >= 4 is 10.0 Å². The van der Waals surface area contributed by atoms with Gasteiger partial charge >= 0.3 is 0 Å². The Morgan fingerprint density at radius 3 is 2.41 bits per heavy atom. The van der Waals surface area contributed by atoms with E-state index in [9.17, 15) is 8.42 Å². The quantitative estimate of drug-likeness (QED) is 0.869. The molecule has 1 aliphatic carbocycles. The SMILES string of the molecule is O=S(=O)(c1ccccc1-c1ccccc1)N1CC2CCCC21. The van der Waals surface area contributed by atoms with Crippen molar-refractivity contribution in [3.05, 3.63) is 54.6 Å². The average molecular weight is 313 g/mol. The second-order valence-corrected chi connectivity index (χ2v) is 8.05. The normalized spacial score (nSPS) is 24.7. The molecule has 2 aromatic carbocycles. The first kappa shape index (κ1) is 14.0. The summed E-state index contributed by atoms with van der Waals surface area (Å²) < 4.78 is 27.9. The Hall–Kier alpha value is -1.65. The zero-order valence-electron chi connectivity index (χ0n) is 12.4. The molecule has 1 aliphatic heterocycles. The first-order valence-corrected chi connectivity index (χ1v) is 9.28. The van der Waals surface area contributed by atoms with Gasteiger partial charge in [-0.2, -0.15) is 4.31 Å². The second kappa shape index (κ2) is 5.21. The van der Waals surface area contributed by atoms with Crippen LogP contribution >= 0.6 is 0 Å². The summed E-state index contributed by atoms with van der Waals surface area (Å²) in [5.41, 5.74) is 1.75. The highest BCUT2D eigenvalue weighted by atomic mass is 32.2. The molecule has 4 rings (SSSR count). The highest BCUT2D eigenvalue weighted by Gasteiger charge is 2.48. The van der Waals surface area contributed by atoms with Crippen LogP contribution in [0.25, 0.3) is 11.1 Å². The lowest BCUT2D eigenvalue weighted by molar-refractivity contribution is 0.131. The van der Waals surface area contributed by atoms with Crippen LogP contribution in [0, 0.1) is 5.92 Å². The summed E-state index contributed by atoms with van der Waals surface area (Å²) >= 11 is 0. The molecule has 2 unspecified atom stereocenters. The summed E-state index contributed by atoms with van der Waals surface area (Å²) in [6.45, 7) is 0.691. The van der Waals surface area contributed by atoms with Gasteiger partial charge in [0.05, 0.1) is 4.90 Å². The molecule has 114 valence electrons. The van der Waals surface area contributed by atoms with Gasteiger partial charge in [-0.05, 0) is 30.4 Å². The fourth-order valence-corrected chi connectivity index (χ4v) is 5.78. The maximum Gasteiger partial charge on any atom is 0.243 e. The molecule has 0 radical (unpaired) electrons. The van der Waals surface area contributed by atoms with E-state index in [1.165, 1.54) is 6.42 Å². The monoisotopic (exact) mass is 313 g/mol. The van der Waals surface area contributed by atoms with Crippen molar-refractivity contribution in [1.82, 2.24) is 4.31 Å². The maximum atomic E-state index is 13.1. The van der Waals surface area contributed by atoms with Gasteiger partial charge in [0.2, 0.25) is 10.0 Å². The molecule has 4 heteroatoms. The van der Waals surface area contributed by atoms with Gasteiger partial charge in [-0.25, -0.2) is 8.42 Å². The fourth-order valence-electron chi connectivity index (χ4n) is 3.79. The van der Waals surface area contributed by atoms with Gasteiger partial charge in [-0.15, -0.1) is 0 Å². The number of fused-ring (bicyclic) bond motifs is 1. The average Bonchev–Trinajstić information content (AvgIpc) is 2.88. The highest BCUT2D eigenvalue weighted by Crippen LogP contribution is 2.43. The van der Waals surface area contributed by atoms with Gasteiger partial charge in [0, 0.05) is 18.2 Å². The molecular formula is C18H19NO2S. The van der Waals surface area contributed by atoms with Crippen molar-refractivity contribution in [3.63, 3.8) is 0 Å². The van der Waals surface area contributed by atoms with Crippen LogP contribution in [-0.2, 0) is 10.0 Å². The molecule has 1 heterocycles. The van der Waals surface area contributed by atoms with Crippen LogP contribution in [0.5, 0.6) is 0 Å². The molecule has 0 spiro atoms. The van der Waals surface area contributed by atoms with Crippen LogP contribution in [0.1, 0.15) is 19.3 Å². The number of hydrogen-bond acceptors (Lipinski definition) is 2. The Kier molecular flexibility index (Phi) is 3.31. The minimum atomic E-state index is -3.40. The van der Waals surface area contributed by atoms with E-state index in [0.717, 1.165) is 24.0 Å². The summed E-state index contributed by atoms with van der Waals surface area (Å²) in [6.07, 6.45) is 3.34. The van der Waals surface area contributed by atoms with Gasteiger partial charge in [-0.3, -0.25) is 0 Å². The smallest absolute Gasteiger partial charge is 0.207 e. The second-order valence-electron chi connectivity index (χ2n) is 6.20. The zero-order chi connectivity index (χ0) is 15.2. The van der Waals surface area contributed by atoms with Crippen LogP contribution < -0.4 is 0 Å². The Labute approximate surface area is 131 Å². The molecule has 2 atom stereocenters. The van der Waals surface area contributed by atoms with Crippen LogP contribution in [0.15, 0.2) is 59.5 Å². The van der Waals surface area contributed by atoms with Gasteiger partial charge < -0.3 is 0 Å². The third kappa shape index (κ3) is 2.09. The summed E-state index contributed by atoms with van der Waals surface area (Å²) in [6, 6.07) is 17.3. The lowest BCUT2D eigenvalue weighted by Gasteiger charge is -2.43. The number of sulfonamides is 1. The predicted octanol–water partition coefficient (Wildman–Crippen LogP) is 3.53. The zero-order valence-corrected chi connectivity index (χ0v) is 13.2. The Morgan fingerprint density at radius 1 is 0.909 bits per heavy atom. The van der Waals surface area contributed by atoms with E-state index >= 15 is 0 Å². The van der Waals surface area contributed by atoms with Crippen molar-refractivity contribution in [2.75, 3.05) is 6.54 Å². The predicted molar refractivity (Wildman–Crippen MR) is 86.9 cm³/mol. The van der Waals surface area contributed by atoms with Gasteiger partial charge in [0.15, 0.2) is 0 Å². The van der Waals surface area contributed by atoms with Crippen molar-refractivity contribution in [2.45, 2.75) is 30.2 Å². The summed E-state index contributed by atoms with van der Waals surface area (Å²) in [7, 11) is -3.40. The molecule has 1 saturated heterocycles. The highest BCUT2D eigenvalue weighted by molar-refractivity contribution is 7.89. The number of benzene rings is 2. The standard InChI is InChI=1S/C18H19NO2S/c20-22(21,19-13-15-9-6-11-17(15)19)18-12-5-4-10-16(18)14-7-2-1-3-8-14/h1-5,7-8,10,12,15,17H,6,9,11,13H2. The molecule has 0 amide bonds. The lowest BCUT2D eigenvalue weighted by Crippen LogP contribution is -2.55. The summed E-state index contributed by atoms with van der Waals surface area (Å²) in [4.78, 5) is 0.437. The van der Waals surface area contributed by atoms with Crippen molar-refractivity contribution in [1.29, 1.82) is 0 Å². The molecule has 0 bridgehead atoms. The molecule has 2 aromatic rings. The van der Waals surface area contributed by atoms with Crippen LogP contribution in [0.3, 0.4) is 0 Å². The van der Waals surface area contributed by atoms with Crippen molar-refractivity contribution in [3.8, 4) is 11.1 Å². The topological polar surface area (TPSA) is 37.4 Å². The largest absolute Gasteiger partial charge is 0.243 e. The van der Waals surface area contributed by atoms with Crippen LogP contribution in [0.4, 0.5) is 0 Å². The Bertz CT molecular complexity index is 786. The number of nitrogens with zero attached hydrogens (tertiary/aromatic N) is 1. The van der Waals surface area contributed by atoms with E-state index in [1.54, 1.807) is 10.4 Å². The van der Waals surface area contributed by atoms with E-state index in [-0.39, 0.29) is 6.04 Å². The van der Waals surface area contributed by atoms with E-state index in [2.05, 4.69) is 0 Å². The van der Waals surface area contributed by atoms with Gasteiger partial charge in [0.1, 0.15) is 0 Å². The first-order chi connectivity index (χ1) is 10.7. The number of hydrogen-bond donors (Lipinski definition) is 0. The lowest BCUT2D eigenvalue weighted by atomic mass is 9.96. The molecule has 22 heavy (non-hydrogen) atoms. The Balaban J connectivity index is 1.77. The maximum absolute atomic E-state index is 13.1. The molecule has 2 fully saturated rings. The summed E-state index contributed by atoms with van der Waals surface area (Å²) in [5.74, 6) is 0.582. The van der Waals surface area contributed by atoms with E-state index in [1.807, 2.05) is 48.5 Å². The third-order valence-corrected chi connectivity index (χ3v) is 6.91. The molecule has 1 saturated carbocycles. The third-order valence-electron chi connectivity index (χ3n) is 4.96. The number of rotatable bonds is 3. The van der Waals surface area contributed by atoms with E-state index < -0.39 is 10.0 Å². The van der Waals surface area contributed by atoms with Gasteiger partial charge in [-0.1, -0.05) is 55.0 Å². The summed E-state index contributed by atoms with van der Waals surface area (Å²) in [5, 5.41) is 0. The van der Waals surface area contributed by atoms with Crippen molar-refractivity contribution in [2.24, 2.45) is 5.92 Å². The minimum absolute atomic E-state index is 0.230. The van der Waals surface area contributed by atoms with Crippen LogP contribution in [-0.4, -0.2) is 25.3 Å².